The van der Waals surface area contributed by atoms with Crippen LogP contribution in [0.2, 0.25) is 5.02 Å². The van der Waals surface area contributed by atoms with Crippen LogP contribution in [-0.2, 0) is 11.2 Å². The van der Waals surface area contributed by atoms with Crippen molar-refractivity contribution in [3.63, 3.8) is 0 Å². The van der Waals surface area contributed by atoms with Crippen LogP contribution in [0.25, 0.3) is 11.4 Å². The van der Waals surface area contributed by atoms with E-state index >= 15 is 0 Å². The lowest BCUT2D eigenvalue weighted by molar-refractivity contribution is -0.122. The van der Waals surface area contributed by atoms with Gasteiger partial charge >= 0.3 is 0 Å². The van der Waals surface area contributed by atoms with Gasteiger partial charge in [-0.3, -0.25) is 4.79 Å². The van der Waals surface area contributed by atoms with Crippen molar-refractivity contribution in [3.8, 4) is 11.4 Å². The van der Waals surface area contributed by atoms with E-state index in [2.05, 4.69) is 10.1 Å². The number of hydrogen-bond donors (Lipinski definition) is 0. The lowest BCUT2D eigenvalue weighted by Gasteiger charge is -2.04. The number of halogens is 1. The van der Waals surface area contributed by atoms with Crippen LogP contribution in [0.5, 0.6) is 0 Å². The largest absolute Gasteiger partial charge is 0.339 e. The highest BCUT2D eigenvalue weighted by molar-refractivity contribution is 6.30. The molecule has 1 saturated carbocycles. The van der Waals surface area contributed by atoms with Gasteiger partial charge in [-0.2, -0.15) is 4.98 Å². The maximum Gasteiger partial charge on any atom is 0.234 e. The summed E-state index contributed by atoms with van der Waals surface area (Å²) in [6, 6.07) is 7.21. The molecule has 0 atom stereocenters. The molecule has 0 radical (unpaired) electrons. The van der Waals surface area contributed by atoms with Crippen LogP contribution in [-0.4, -0.2) is 15.9 Å². The van der Waals surface area contributed by atoms with Crippen molar-refractivity contribution < 1.29 is 9.32 Å². The second kappa shape index (κ2) is 5.75. The average molecular weight is 291 g/mol. The monoisotopic (exact) mass is 290 g/mol. The molecule has 4 nitrogen and oxygen atoms in total. The van der Waals surface area contributed by atoms with Crippen molar-refractivity contribution in [2.45, 2.75) is 32.1 Å². The Balaban J connectivity index is 1.70. The smallest absolute Gasteiger partial charge is 0.234 e. The minimum atomic E-state index is 0.181. The van der Waals surface area contributed by atoms with Crippen molar-refractivity contribution >= 4 is 17.4 Å². The average Bonchev–Trinajstić information content (AvgIpc) is 3.10. The Morgan fingerprint density at radius 2 is 1.95 bits per heavy atom. The molecule has 1 aromatic carbocycles. The van der Waals surface area contributed by atoms with Crippen molar-refractivity contribution in [1.29, 1.82) is 0 Å². The molecule has 104 valence electrons. The lowest BCUT2D eigenvalue weighted by Crippen LogP contribution is -2.13. The summed E-state index contributed by atoms with van der Waals surface area (Å²) in [6.45, 7) is 0. The third-order valence-electron chi connectivity index (χ3n) is 3.71. The van der Waals surface area contributed by atoms with Gasteiger partial charge in [0.25, 0.3) is 0 Å². The highest BCUT2D eigenvalue weighted by Gasteiger charge is 2.24. The van der Waals surface area contributed by atoms with Crippen LogP contribution < -0.4 is 0 Å². The first kappa shape index (κ1) is 13.3. The van der Waals surface area contributed by atoms with E-state index in [1.165, 1.54) is 0 Å². The zero-order chi connectivity index (χ0) is 13.9. The summed E-state index contributed by atoms with van der Waals surface area (Å²) in [5.41, 5.74) is 0.831. The molecule has 0 saturated heterocycles. The Morgan fingerprint density at radius 3 is 2.65 bits per heavy atom. The van der Waals surface area contributed by atoms with Gasteiger partial charge in [-0.25, -0.2) is 0 Å². The fourth-order valence-corrected chi connectivity index (χ4v) is 2.71. The van der Waals surface area contributed by atoms with Gasteiger partial charge in [-0.05, 0) is 37.1 Å². The molecule has 20 heavy (non-hydrogen) atoms. The zero-order valence-electron chi connectivity index (χ0n) is 11.0. The molecule has 2 aromatic rings. The van der Waals surface area contributed by atoms with Crippen molar-refractivity contribution in [2.24, 2.45) is 5.92 Å². The zero-order valence-corrected chi connectivity index (χ0v) is 11.8. The highest BCUT2D eigenvalue weighted by atomic mass is 35.5. The molecule has 0 aliphatic heterocycles. The van der Waals surface area contributed by atoms with Crippen LogP contribution in [0.4, 0.5) is 0 Å². The summed E-state index contributed by atoms with van der Waals surface area (Å²) in [5.74, 6) is 1.29. The second-order valence-electron chi connectivity index (χ2n) is 5.14. The number of rotatable bonds is 4. The minimum absolute atomic E-state index is 0.181. The van der Waals surface area contributed by atoms with Crippen LogP contribution in [0, 0.1) is 5.92 Å². The van der Waals surface area contributed by atoms with Gasteiger partial charge in [0, 0.05) is 16.5 Å². The van der Waals surface area contributed by atoms with Gasteiger partial charge in [0.2, 0.25) is 11.7 Å². The Hall–Kier alpha value is -1.68. The Bertz CT molecular complexity index is 601. The van der Waals surface area contributed by atoms with Gasteiger partial charge in [-0.1, -0.05) is 29.6 Å². The summed E-state index contributed by atoms with van der Waals surface area (Å²) in [6.07, 6.45) is 4.53. The summed E-state index contributed by atoms with van der Waals surface area (Å²) >= 11 is 5.84. The molecule has 0 spiro atoms. The topological polar surface area (TPSA) is 56.0 Å². The molecule has 1 heterocycles. The van der Waals surface area contributed by atoms with E-state index in [1.54, 1.807) is 12.1 Å². The third kappa shape index (κ3) is 2.90. The summed E-state index contributed by atoms with van der Waals surface area (Å²) in [5, 5.41) is 4.58. The molecular formula is C15H15ClN2O2. The summed E-state index contributed by atoms with van der Waals surface area (Å²) in [7, 11) is 0. The third-order valence-corrected chi connectivity index (χ3v) is 3.96. The van der Waals surface area contributed by atoms with Gasteiger partial charge in [-0.15, -0.1) is 0 Å². The van der Waals surface area contributed by atoms with E-state index in [-0.39, 0.29) is 18.1 Å². The Labute approximate surface area is 122 Å². The lowest BCUT2D eigenvalue weighted by atomic mass is 10.0. The summed E-state index contributed by atoms with van der Waals surface area (Å²) < 4.78 is 5.16. The van der Waals surface area contributed by atoms with E-state index in [1.807, 2.05) is 12.1 Å². The van der Waals surface area contributed by atoms with Gasteiger partial charge in [0.15, 0.2) is 0 Å². The fraction of sp³-hybridized carbons (Fsp3) is 0.400. The normalized spacial score (nSPS) is 15.7. The maximum absolute atomic E-state index is 12.1. The highest BCUT2D eigenvalue weighted by Crippen LogP contribution is 2.26. The fourth-order valence-electron chi connectivity index (χ4n) is 2.58. The Kier molecular flexibility index (Phi) is 3.83. The molecule has 1 aliphatic carbocycles. The number of hydrogen-bond acceptors (Lipinski definition) is 4. The van der Waals surface area contributed by atoms with E-state index in [4.69, 9.17) is 16.1 Å². The van der Waals surface area contributed by atoms with E-state index in [0.717, 1.165) is 31.2 Å². The second-order valence-corrected chi connectivity index (χ2v) is 5.58. The van der Waals surface area contributed by atoms with Crippen molar-refractivity contribution in [1.82, 2.24) is 10.1 Å². The minimum Gasteiger partial charge on any atom is -0.339 e. The van der Waals surface area contributed by atoms with Crippen LogP contribution in [0.15, 0.2) is 28.8 Å². The van der Waals surface area contributed by atoms with E-state index in [0.29, 0.717) is 16.7 Å². The molecule has 5 heteroatoms. The van der Waals surface area contributed by atoms with Gasteiger partial charge in [0.05, 0.1) is 6.42 Å². The number of benzene rings is 1. The van der Waals surface area contributed by atoms with Crippen LogP contribution in [0.3, 0.4) is 0 Å². The number of aromatic nitrogens is 2. The molecule has 0 N–H and O–H groups in total. The van der Waals surface area contributed by atoms with Gasteiger partial charge < -0.3 is 4.52 Å². The number of carbonyl (C=O) groups excluding carboxylic acids is 1. The molecular weight excluding hydrogens is 276 g/mol. The summed E-state index contributed by atoms with van der Waals surface area (Å²) in [4.78, 5) is 16.3. The SMILES string of the molecule is O=C(Cc1nc(-c2ccc(Cl)cc2)no1)C1CCCC1. The first-order valence-corrected chi connectivity index (χ1v) is 7.21. The predicted molar refractivity (Wildman–Crippen MR) is 75.4 cm³/mol. The van der Waals surface area contributed by atoms with E-state index in [9.17, 15) is 4.79 Å². The maximum atomic E-state index is 12.1. The molecule has 1 aliphatic rings. The number of carbonyl (C=O) groups is 1. The number of ketones is 1. The Morgan fingerprint density at radius 1 is 1.25 bits per heavy atom. The van der Waals surface area contributed by atoms with E-state index < -0.39 is 0 Å². The first-order valence-electron chi connectivity index (χ1n) is 6.83. The molecule has 0 amide bonds. The van der Waals surface area contributed by atoms with Crippen LogP contribution >= 0.6 is 11.6 Å². The number of Topliss-reactive ketones (excluding diaryl/α,β-unsaturated/α-hetero) is 1. The van der Waals surface area contributed by atoms with Crippen LogP contribution in [0.1, 0.15) is 31.6 Å². The molecule has 1 fully saturated rings. The predicted octanol–water partition coefficient (Wildman–Crippen LogP) is 3.69. The first-order chi connectivity index (χ1) is 9.72. The van der Waals surface area contributed by atoms with Gasteiger partial charge in [0.1, 0.15) is 5.78 Å². The number of nitrogens with zero attached hydrogens (tertiary/aromatic N) is 2. The molecule has 0 bridgehead atoms. The molecule has 1 aromatic heterocycles. The standard InChI is InChI=1S/C15H15ClN2O2/c16-12-7-5-11(6-8-12)15-17-14(20-18-15)9-13(19)10-3-1-2-4-10/h5-8,10H,1-4,9H2. The molecule has 0 unspecified atom stereocenters. The van der Waals surface area contributed by atoms with Crippen molar-refractivity contribution in [3.05, 3.63) is 35.2 Å². The quantitative estimate of drug-likeness (QED) is 0.861. The van der Waals surface area contributed by atoms with Crippen molar-refractivity contribution in [2.75, 3.05) is 0 Å². The molecule has 3 rings (SSSR count).